The minimum atomic E-state index is -4.42. The van der Waals surface area contributed by atoms with Crippen LogP contribution in [-0.4, -0.2) is 72.9 Å². The van der Waals surface area contributed by atoms with E-state index in [1.165, 1.54) is 4.90 Å². The van der Waals surface area contributed by atoms with Gasteiger partial charge >= 0.3 is 22.4 Å². The summed E-state index contributed by atoms with van der Waals surface area (Å²) in [6, 6.07) is 0.0165. The first-order chi connectivity index (χ1) is 16.5. The lowest BCUT2D eigenvalue weighted by atomic mass is 10.1. The molecule has 0 spiro atoms. The number of hydrogen-bond acceptors (Lipinski definition) is 7. The Balaban J connectivity index is 1.98. The predicted octanol–water partition coefficient (Wildman–Crippen LogP) is 2.40. The quantitative estimate of drug-likeness (QED) is 0.506. The SMILES string of the molecule is CC(C)CCN(C[C@H]1Cc2c(cc(O)c(N3CC(=O)NS3(=O)=O)c2F)N1C(=O)O)C(=O)OC(C)(C)C. The zero-order valence-corrected chi connectivity index (χ0v) is 21.6. The largest absolute Gasteiger partial charge is 0.506 e. The number of aromatic hydroxyl groups is 1. The van der Waals surface area contributed by atoms with Crippen molar-refractivity contribution >= 4 is 39.7 Å². The number of rotatable bonds is 6. The van der Waals surface area contributed by atoms with Crippen molar-refractivity contribution in [2.45, 2.75) is 59.1 Å². The van der Waals surface area contributed by atoms with Gasteiger partial charge in [0.25, 0.3) is 5.91 Å². The minimum Gasteiger partial charge on any atom is -0.506 e. The number of carbonyl (C=O) groups is 3. The summed E-state index contributed by atoms with van der Waals surface area (Å²) in [6.45, 7) is 8.44. The molecule has 0 aromatic heterocycles. The molecule has 2 aliphatic heterocycles. The number of amides is 3. The molecule has 1 fully saturated rings. The lowest BCUT2D eigenvalue weighted by Crippen LogP contribution is -2.48. The maximum Gasteiger partial charge on any atom is 0.412 e. The van der Waals surface area contributed by atoms with E-state index in [0.717, 1.165) is 11.0 Å². The molecule has 2 heterocycles. The number of carboxylic acid groups (broad SMARTS) is 1. The van der Waals surface area contributed by atoms with Gasteiger partial charge in [0.15, 0.2) is 5.82 Å². The highest BCUT2D eigenvalue weighted by molar-refractivity contribution is 7.92. The number of fused-ring (bicyclic) bond motifs is 1. The molecule has 1 aromatic rings. The van der Waals surface area contributed by atoms with Crippen molar-refractivity contribution in [3.63, 3.8) is 0 Å². The average Bonchev–Trinajstić information content (AvgIpc) is 3.19. The smallest absolute Gasteiger partial charge is 0.412 e. The van der Waals surface area contributed by atoms with E-state index in [1.54, 1.807) is 25.5 Å². The molecule has 1 atom stereocenters. The maximum absolute atomic E-state index is 15.6. The molecule has 200 valence electrons. The van der Waals surface area contributed by atoms with Crippen LogP contribution in [-0.2, 0) is 26.2 Å². The molecule has 12 nitrogen and oxygen atoms in total. The van der Waals surface area contributed by atoms with E-state index in [0.29, 0.717) is 10.7 Å². The highest BCUT2D eigenvalue weighted by Gasteiger charge is 2.43. The van der Waals surface area contributed by atoms with Gasteiger partial charge in [-0.3, -0.25) is 9.69 Å². The number of halogens is 1. The number of phenols is 1. The van der Waals surface area contributed by atoms with Gasteiger partial charge in [-0.05, 0) is 33.1 Å². The van der Waals surface area contributed by atoms with E-state index in [-0.39, 0.29) is 36.7 Å². The maximum atomic E-state index is 15.6. The third-order valence-electron chi connectivity index (χ3n) is 5.70. The summed E-state index contributed by atoms with van der Waals surface area (Å²) in [4.78, 5) is 38.9. The van der Waals surface area contributed by atoms with Crippen LogP contribution in [0.1, 0.15) is 46.6 Å². The zero-order chi connectivity index (χ0) is 27.2. The molecule has 0 bridgehead atoms. The minimum absolute atomic E-state index is 0.125. The van der Waals surface area contributed by atoms with Gasteiger partial charge < -0.3 is 19.8 Å². The van der Waals surface area contributed by atoms with Crippen LogP contribution in [0.15, 0.2) is 6.07 Å². The van der Waals surface area contributed by atoms with E-state index < -0.39 is 63.7 Å². The Kier molecular flexibility index (Phi) is 7.31. The first-order valence-electron chi connectivity index (χ1n) is 11.4. The predicted molar refractivity (Wildman–Crippen MR) is 128 cm³/mol. The van der Waals surface area contributed by atoms with Gasteiger partial charge in [-0.2, -0.15) is 8.42 Å². The Morgan fingerprint density at radius 1 is 1.33 bits per heavy atom. The van der Waals surface area contributed by atoms with E-state index in [2.05, 4.69) is 0 Å². The third kappa shape index (κ3) is 5.58. The lowest BCUT2D eigenvalue weighted by Gasteiger charge is -2.32. The van der Waals surface area contributed by atoms with Crippen molar-refractivity contribution in [2.75, 3.05) is 28.8 Å². The number of anilines is 2. The van der Waals surface area contributed by atoms with Gasteiger partial charge in [0.05, 0.1) is 11.7 Å². The van der Waals surface area contributed by atoms with Crippen LogP contribution in [0.4, 0.5) is 25.4 Å². The fourth-order valence-electron chi connectivity index (χ4n) is 4.13. The fraction of sp³-hybridized carbons (Fsp3) is 0.591. The van der Waals surface area contributed by atoms with Crippen molar-refractivity contribution in [1.82, 2.24) is 9.62 Å². The van der Waals surface area contributed by atoms with Crippen LogP contribution in [0, 0.1) is 11.7 Å². The Morgan fingerprint density at radius 2 is 1.97 bits per heavy atom. The summed E-state index contributed by atoms with van der Waals surface area (Å²) in [6.07, 6.45) is -1.68. The molecule has 36 heavy (non-hydrogen) atoms. The van der Waals surface area contributed by atoms with E-state index in [9.17, 15) is 33.0 Å². The van der Waals surface area contributed by atoms with Gasteiger partial charge in [0.1, 0.15) is 23.6 Å². The molecule has 0 radical (unpaired) electrons. The van der Waals surface area contributed by atoms with Crippen molar-refractivity contribution in [3.8, 4) is 5.75 Å². The second-order valence-corrected chi connectivity index (χ2v) is 11.8. The van der Waals surface area contributed by atoms with Gasteiger partial charge in [0.2, 0.25) is 0 Å². The summed E-state index contributed by atoms with van der Waals surface area (Å²) < 4.78 is 47.6. The Morgan fingerprint density at radius 3 is 2.47 bits per heavy atom. The summed E-state index contributed by atoms with van der Waals surface area (Å²) in [5, 5.41) is 20.4. The molecule has 1 aromatic carbocycles. The molecule has 0 unspecified atom stereocenters. The van der Waals surface area contributed by atoms with Crippen LogP contribution >= 0.6 is 0 Å². The molecular weight excluding hydrogens is 499 g/mol. The van der Waals surface area contributed by atoms with Crippen LogP contribution < -0.4 is 13.9 Å². The number of hydrogen-bond donors (Lipinski definition) is 3. The second kappa shape index (κ2) is 9.64. The van der Waals surface area contributed by atoms with Crippen molar-refractivity contribution < 1.29 is 42.1 Å². The summed E-state index contributed by atoms with van der Waals surface area (Å²) in [5.74, 6) is -2.67. The van der Waals surface area contributed by atoms with Crippen molar-refractivity contribution in [2.24, 2.45) is 5.92 Å². The molecule has 0 aliphatic carbocycles. The number of phenolic OH excluding ortho intramolecular Hbond substituents is 1. The van der Waals surface area contributed by atoms with Crippen LogP contribution in [0.3, 0.4) is 0 Å². The van der Waals surface area contributed by atoms with Crippen LogP contribution in [0.25, 0.3) is 0 Å². The summed E-state index contributed by atoms with van der Waals surface area (Å²) >= 11 is 0. The number of ether oxygens (including phenoxy) is 1. The molecule has 3 amide bonds. The van der Waals surface area contributed by atoms with Crippen LogP contribution in [0.5, 0.6) is 5.75 Å². The second-order valence-electron chi connectivity index (χ2n) is 10.2. The average molecular weight is 531 g/mol. The van der Waals surface area contributed by atoms with E-state index in [4.69, 9.17) is 4.74 Å². The highest BCUT2D eigenvalue weighted by Crippen LogP contribution is 2.44. The lowest BCUT2D eigenvalue weighted by molar-refractivity contribution is -0.117. The number of carbonyl (C=O) groups excluding carboxylic acids is 2. The first kappa shape index (κ1) is 27.3. The zero-order valence-electron chi connectivity index (χ0n) is 20.7. The molecular formula is C22H31FN4O8S. The monoisotopic (exact) mass is 530 g/mol. The van der Waals surface area contributed by atoms with Gasteiger partial charge in [0, 0.05) is 31.1 Å². The van der Waals surface area contributed by atoms with Crippen molar-refractivity contribution in [3.05, 3.63) is 17.4 Å². The van der Waals surface area contributed by atoms with E-state index in [1.807, 2.05) is 13.8 Å². The standard InChI is InChI=1S/C22H31FN4O8S/c1-12(2)6-7-25(21(32)35-22(3,4)5)10-13-8-14-15(27(13)20(30)31)9-16(28)19(18(14)23)26-11-17(29)24-36(26,33)34/h9,12-13,28H,6-8,10-11H2,1-5H3,(H,24,29)(H,30,31)/t13-/m1/s1. The molecule has 1 saturated heterocycles. The fourth-order valence-corrected chi connectivity index (χ4v) is 5.29. The molecule has 2 aliphatic rings. The summed E-state index contributed by atoms with van der Waals surface area (Å²) in [7, 11) is -4.42. The first-order valence-corrected chi connectivity index (χ1v) is 12.8. The Bertz CT molecular complexity index is 1180. The molecule has 14 heteroatoms. The Labute approximate surface area is 208 Å². The normalized spacial score (nSPS) is 18.9. The van der Waals surface area contributed by atoms with Crippen molar-refractivity contribution in [1.29, 1.82) is 0 Å². The van der Waals surface area contributed by atoms with Crippen LogP contribution in [0.2, 0.25) is 0 Å². The third-order valence-corrected chi connectivity index (χ3v) is 7.07. The highest BCUT2D eigenvalue weighted by atomic mass is 32.2. The number of benzene rings is 1. The molecule has 0 saturated carbocycles. The number of nitrogens with zero attached hydrogens (tertiary/aromatic N) is 3. The molecule has 3 N–H and O–H groups in total. The van der Waals surface area contributed by atoms with Gasteiger partial charge in [-0.15, -0.1) is 0 Å². The Hall–Kier alpha value is -3.29. The topological polar surface area (TPSA) is 157 Å². The van der Waals surface area contributed by atoms with E-state index >= 15 is 4.39 Å². The summed E-state index contributed by atoms with van der Waals surface area (Å²) in [5.41, 5.74) is -1.87. The van der Waals surface area contributed by atoms with Gasteiger partial charge in [-0.25, -0.2) is 23.0 Å². The molecule has 3 rings (SSSR count). The number of nitrogens with one attached hydrogen (secondary N) is 1. The van der Waals surface area contributed by atoms with Gasteiger partial charge in [-0.1, -0.05) is 13.8 Å².